The molecule has 7 heteroatoms. The number of carbonyl (C=O) groups is 1. The van der Waals surface area contributed by atoms with E-state index in [2.05, 4.69) is 10.2 Å². The first-order chi connectivity index (χ1) is 17.2. The minimum Gasteiger partial charge on any atom is -0.327 e. The molecule has 5 nitrogen and oxygen atoms in total. The van der Waals surface area contributed by atoms with Gasteiger partial charge in [0.1, 0.15) is 10.8 Å². The molecule has 5 rings (SSSR count). The molecule has 3 aromatic carbocycles. The lowest BCUT2D eigenvalue weighted by Gasteiger charge is -2.35. The zero-order chi connectivity index (χ0) is 24.0. The average Bonchev–Trinajstić information content (AvgIpc) is 3.37. The van der Waals surface area contributed by atoms with Crippen molar-refractivity contribution < 1.29 is 9.18 Å². The second kappa shape index (κ2) is 10.8. The summed E-state index contributed by atoms with van der Waals surface area (Å²) in [5.41, 5.74) is 3.91. The fraction of sp³-hybridized carbons (Fsp3) is 0.214. The van der Waals surface area contributed by atoms with Crippen LogP contribution in [0.15, 0.2) is 90.3 Å². The molecule has 0 aliphatic carbocycles. The molecule has 1 fully saturated rings. The first-order valence-corrected chi connectivity index (χ1v) is 12.6. The molecule has 0 spiro atoms. The van der Waals surface area contributed by atoms with E-state index < -0.39 is 0 Å². The van der Waals surface area contributed by atoms with Gasteiger partial charge in [0.05, 0.1) is 18.3 Å². The SMILES string of the molecule is O=C(NC(c1ccccc1)c1ccccc1)N1CCN(Cc2nc(-c3ccc(F)cc3)cs2)CC1. The van der Waals surface area contributed by atoms with E-state index in [0.717, 1.165) is 47.0 Å². The third-order valence-corrected chi connectivity index (χ3v) is 7.08. The number of aromatic nitrogens is 1. The Morgan fingerprint density at radius 1 is 0.886 bits per heavy atom. The molecule has 2 amide bonds. The van der Waals surface area contributed by atoms with Crippen LogP contribution in [-0.2, 0) is 6.54 Å². The number of urea groups is 1. The summed E-state index contributed by atoms with van der Waals surface area (Å²) in [4.78, 5) is 22.1. The summed E-state index contributed by atoms with van der Waals surface area (Å²) in [6.07, 6.45) is 0. The topological polar surface area (TPSA) is 48.5 Å². The van der Waals surface area contributed by atoms with Gasteiger partial charge >= 0.3 is 6.03 Å². The van der Waals surface area contributed by atoms with Crippen LogP contribution in [0.5, 0.6) is 0 Å². The Labute approximate surface area is 208 Å². The average molecular weight is 487 g/mol. The van der Waals surface area contributed by atoms with Gasteiger partial charge in [0, 0.05) is 37.1 Å². The van der Waals surface area contributed by atoms with Gasteiger partial charge in [0.15, 0.2) is 0 Å². The Bertz CT molecular complexity index is 1200. The number of hydrogen-bond acceptors (Lipinski definition) is 4. The number of nitrogens with zero attached hydrogens (tertiary/aromatic N) is 3. The molecule has 0 unspecified atom stereocenters. The molecule has 4 aromatic rings. The molecule has 0 radical (unpaired) electrons. The number of halogens is 1. The Morgan fingerprint density at radius 2 is 1.49 bits per heavy atom. The van der Waals surface area contributed by atoms with Crippen molar-refractivity contribution in [1.82, 2.24) is 20.1 Å². The molecule has 1 aliphatic heterocycles. The molecular formula is C28H27FN4OS. The first kappa shape index (κ1) is 23.2. The van der Waals surface area contributed by atoms with Crippen LogP contribution in [0.4, 0.5) is 9.18 Å². The largest absolute Gasteiger partial charge is 0.327 e. The van der Waals surface area contributed by atoms with E-state index in [9.17, 15) is 9.18 Å². The predicted molar refractivity (Wildman–Crippen MR) is 138 cm³/mol. The lowest BCUT2D eigenvalue weighted by Crippen LogP contribution is -2.52. The van der Waals surface area contributed by atoms with Gasteiger partial charge in [0.25, 0.3) is 0 Å². The van der Waals surface area contributed by atoms with Crippen molar-refractivity contribution in [2.75, 3.05) is 26.2 Å². The molecule has 1 N–H and O–H groups in total. The lowest BCUT2D eigenvalue weighted by atomic mass is 9.99. The monoisotopic (exact) mass is 486 g/mol. The van der Waals surface area contributed by atoms with Crippen molar-refractivity contribution in [3.8, 4) is 11.3 Å². The normalized spacial score (nSPS) is 14.3. The van der Waals surface area contributed by atoms with Crippen molar-refractivity contribution in [3.63, 3.8) is 0 Å². The second-order valence-electron chi connectivity index (χ2n) is 8.60. The summed E-state index contributed by atoms with van der Waals surface area (Å²) in [5, 5.41) is 6.28. The maximum Gasteiger partial charge on any atom is 0.318 e. The quantitative estimate of drug-likeness (QED) is 0.388. The van der Waals surface area contributed by atoms with Gasteiger partial charge in [-0.3, -0.25) is 4.90 Å². The molecule has 0 atom stereocenters. The summed E-state index contributed by atoms with van der Waals surface area (Å²) in [5.74, 6) is -0.245. The molecule has 2 heterocycles. The van der Waals surface area contributed by atoms with Crippen LogP contribution in [0.1, 0.15) is 22.2 Å². The van der Waals surface area contributed by atoms with Gasteiger partial charge in [-0.25, -0.2) is 14.2 Å². The number of hydrogen-bond donors (Lipinski definition) is 1. The van der Waals surface area contributed by atoms with Crippen molar-refractivity contribution >= 4 is 17.4 Å². The van der Waals surface area contributed by atoms with E-state index in [1.165, 1.54) is 12.1 Å². The maximum atomic E-state index is 13.2. The Morgan fingerprint density at radius 3 is 2.09 bits per heavy atom. The van der Waals surface area contributed by atoms with Gasteiger partial charge in [-0.15, -0.1) is 11.3 Å². The summed E-state index contributed by atoms with van der Waals surface area (Å²) in [6, 6.07) is 26.3. The molecule has 0 bridgehead atoms. The number of rotatable bonds is 6. The van der Waals surface area contributed by atoms with E-state index in [4.69, 9.17) is 4.98 Å². The summed E-state index contributed by atoms with van der Waals surface area (Å²) in [7, 11) is 0. The molecule has 1 aromatic heterocycles. The van der Waals surface area contributed by atoms with E-state index in [1.807, 2.05) is 70.9 Å². The van der Waals surface area contributed by atoms with Crippen LogP contribution < -0.4 is 5.32 Å². The number of nitrogens with one attached hydrogen (secondary N) is 1. The van der Waals surface area contributed by atoms with E-state index in [-0.39, 0.29) is 17.9 Å². The molecular weight excluding hydrogens is 459 g/mol. The van der Waals surface area contributed by atoms with Crippen LogP contribution in [0, 0.1) is 5.82 Å². The van der Waals surface area contributed by atoms with Gasteiger partial charge in [-0.2, -0.15) is 0 Å². The molecule has 178 valence electrons. The lowest BCUT2D eigenvalue weighted by molar-refractivity contribution is 0.134. The van der Waals surface area contributed by atoms with Crippen LogP contribution in [0.2, 0.25) is 0 Å². The second-order valence-corrected chi connectivity index (χ2v) is 9.54. The number of carbonyl (C=O) groups excluding carboxylic acids is 1. The number of amides is 2. The van der Waals surface area contributed by atoms with Crippen LogP contribution in [-0.4, -0.2) is 47.0 Å². The van der Waals surface area contributed by atoms with E-state index in [1.54, 1.807) is 23.5 Å². The minimum atomic E-state index is -0.245. The van der Waals surface area contributed by atoms with E-state index >= 15 is 0 Å². The van der Waals surface area contributed by atoms with Crippen molar-refractivity contribution in [1.29, 1.82) is 0 Å². The van der Waals surface area contributed by atoms with Crippen LogP contribution in [0.25, 0.3) is 11.3 Å². The van der Waals surface area contributed by atoms with Gasteiger partial charge < -0.3 is 10.2 Å². The number of thiazole rings is 1. The van der Waals surface area contributed by atoms with Crippen LogP contribution >= 0.6 is 11.3 Å². The molecule has 1 aliphatic rings. The highest BCUT2D eigenvalue weighted by molar-refractivity contribution is 7.09. The predicted octanol–water partition coefficient (Wildman–Crippen LogP) is 5.57. The molecule has 1 saturated heterocycles. The highest BCUT2D eigenvalue weighted by Gasteiger charge is 2.25. The standard InChI is InChI=1S/C28H27FN4OS/c29-24-13-11-21(12-14-24)25-20-35-26(30-25)19-32-15-17-33(18-16-32)28(34)31-27(22-7-3-1-4-8-22)23-9-5-2-6-10-23/h1-14,20,27H,15-19H2,(H,31,34). The Balaban J connectivity index is 1.18. The van der Waals surface area contributed by atoms with Crippen molar-refractivity contribution in [3.05, 3.63) is 112 Å². The number of benzene rings is 3. The van der Waals surface area contributed by atoms with Gasteiger partial charge in [0.2, 0.25) is 0 Å². The third kappa shape index (κ3) is 5.75. The van der Waals surface area contributed by atoms with Gasteiger partial charge in [-0.05, 0) is 35.4 Å². The Kier molecular flexibility index (Phi) is 7.16. The molecule has 35 heavy (non-hydrogen) atoms. The smallest absolute Gasteiger partial charge is 0.318 e. The van der Waals surface area contributed by atoms with E-state index in [0.29, 0.717) is 13.1 Å². The zero-order valence-electron chi connectivity index (χ0n) is 19.3. The van der Waals surface area contributed by atoms with Gasteiger partial charge in [-0.1, -0.05) is 60.7 Å². The van der Waals surface area contributed by atoms with Crippen LogP contribution in [0.3, 0.4) is 0 Å². The summed E-state index contributed by atoms with van der Waals surface area (Å²) in [6.45, 7) is 3.66. The fourth-order valence-electron chi connectivity index (χ4n) is 4.30. The first-order valence-electron chi connectivity index (χ1n) is 11.7. The van der Waals surface area contributed by atoms with Crippen molar-refractivity contribution in [2.45, 2.75) is 12.6 Å². The zero-order valence-corrected chi connectivity index (χ0v) is 20.1. The summed E-state index contributed by atoms with van der Waals surface area (Å²) < 4.78 is 13.2. The number of piperazine rings is 1. The minimum absolute atomic E-state index is 0.0461. The Hall–Kier alpha value is -3.55. The molecule has 0 saturated carbocycles. The highest BCUT2D eigenvalue weighted by atomic mass is 32.1. The third-order valence-electron chi connectivity index (χ3n) is 6.24. The maximum absolute atomic E-state index is 13.2. The van der Waals surface area contributed by atoms with Crippen molar-refractivity contribution in [2.24, 2.45) is 0 Å². The fourth-order valence-corrected chi connectivity index (χ4v) is 5.15. The summed E-state index contributed by atoms with van der Waals surface area (Å²) >= 11 is 1.61. The highest BCUT2D eigenvalue weighted by Crippen LogP contribution is 2.24.